The third-order valence-corrected chi connectivity index (χ3v) is 8.46. The first-order valence-corrected chi connectivity index (χ1v) is 13.7. The Kier molecular flexibility index (Phi) is 8.08. The van der Waals surface area contributed by atoms with Gasteiger partial charge in [-0.1, -0.05) is 47.0 Å². The predicted octanol–water partition coefficient (Wildman–Crippen LogP) is 6.52. The first-order chi connectivity index (χ1) is 15.4. The van der Waals surface area contributed by atoms with Gasteiger partial charge < -0.3 is 14.8 Å². The number of rotatable bonds is 9. The van der Waals surface area contributed by atoms with Crippen LogP contribution in [0.3, 0.4) is 0 Å². The zero-order valence-electron chi connectivity index (χ0n) is 18.7. The Labute approximate surface area is 210 Å². The summed E-state index contributed by atoms with van der Waals surface area (Å²) in [6.07, 6.45) is 8.72. The number of nitrogens with one attached hydrogen (secondary N) is 1. The molecule has 0 saturated carbocycles. The fraction of sp³-hybridized carbons (Fsp3) is 0.500. The number of carbonyl (C=O) groups is 1. The van der Waals surface area contributed by atoms with Gasteiger partial charge >= 0.3 is 0 Å². The summed E-state index contributed by atoms with van der Waals surface area (Å²) in [7, 11) is 2.15. The lowest BCUT2D eigenvalue weighted by molar-refractivity contribution is 0.0962. The summed E-state index contributed by atoms with van der Waals surface area (Å²) in [6.45, 7) is 6.24. The summed E-state index contributed by atoms with van der Waals surface area (Å²) >= 11 is 8.82. The second-order valence-electron chi connectivity index (χ2n) is 8.76. The molecule has 1 aliphatic heterocycles. The number of halogens is 2. The second-order valence-corrected chi connectivity index (χ2v) is 11.5. The SMILES string of the molecule is CCCCC(CC(=O)c1cnc(N2CCN(C)CC2)s1)Cc1c[nH]c2c(Br)cc(Br)cc12. The number of likely N-dealkylation sites (N-methyl/N-ethyl adjacent to an activating group) is 1. The Morgan fingerprint density at radius 2 is 2.03 bits per heavy atom. The number of unbranched alkanes of at least 4 members (excludes halogenated alkanes) is 1. The van der Waals surface area contributed by atoms with E-state index in [1.807, 2.05) is 0 Å². The van der Waals surface area contributed by atoms with E-state index in [4.69, 9.17) is 0 Å². The van der Waals surface area contributed by atoms with Gasteiger partial charge in [-0.2, -0.15) is 0 Å². The van der Waals surface area contributed by atoms with E-state index >= 15 is 0 Å². The molecule has 1 N–H and O–H groups in total. The Morgan fingerprint density at radius 3 is 2.78 bits per heavy atom. The number of benzene rings is 1. The van der Waals surface area contributed by atoms with Crippen LogP contribution in [-0.4, -0.2) is 53.9 Å². The first-order valence-electron chi connectivity index (χ1n) is 11.3. The van der Waals surface area contributed by atoms with Crippen LogP contribution in [0.1, 0.15) is 47.8 Å². The molecule has 32 heavy (non-hydrogen) atoms. The van der Waals surface area contributed by atoms with Crippen molar-refractivity contribution >= 4 is 65.0 Å². The van der Waals surface area contributed by atoms with Crippen molar-refractivity contribution in [2.75, 3.05) is 38.1 Å². The Bertz CT molecular complexity index is 1070. The van der Waals surface area contributed by atoms with Crippen LogP contribution in [0, 0.1) is 5.92 Å². The molecule has 4 rings (SSSR count). The summed E-state index contributed by atoms with van der Waals surface area (Å²) in [4.78, 5) is 26.6. The molecule has 1 fully saturated rings. The minimum atomic E-state index is 0.228. The van der Waals surface area contributed by atoms with Crippen molar-refractivity contribution in [3.05, 3.63) is 43.9 Å². The van der Waals surface area contributed by atoms with Crippen molar-refractivity contribution in [2.24, 2.45) is 5.92 Å². The van der Waals surface area contributed by atoms with Crippen LogP contribution >= 0.6 is 43.2 Å². The first kappa shape index (κ1) is 23.9. The van der Waals surface area contributed by atoms with Gasteiger partial charge in [0.05, 0.1) is 16.6 Å². The van der Waals surface area contributed by atoms with Gasteiger partial charge in [0.25, 0.3) is 0 Å². The molecule has 172 valence electrons. The average molecular weight is 582 g/mol. The van der Waals surface area contributed by atoms with E-state index in [0.717, 1.165) is 76.3 Å². The number of H-pyrrole nitrogens is 1. The smallest absolute Gasteiger partial charge is 0.186 e. The molecule has 0 spiro atoms. The fourth-order valence-electron chi connectivity index (χ4n) is 4.36. The molecule has 0 radical (unpaired) electrons. The van der Waals surface area contributed by atoms with Crippen LogP contribution in [0.4, 0.5) is 5.13 Å². The van der Waals surface area contributed by atoms with Crippen molar-refractivity contribution in [1.82, 2.24) is 14.9 Å². The number of ketones is 1. The lowest BCUT2D eigenvalue weighted by Crippen LogP contribution is -2.44. The quantitative estimate of drug-likeness (QED) is 0.292. The van der Waals surface area contributed by atoms with Gasteiger partial charge in [0.2, 0.25) is 0 Å². The highest BCUT2D eigenvalue weighted by Gasteiger charge is 2.22. The van der Waals surface area contributed by atoms with E-state index in [1.54, 1.807) is 17.5 Å². The van der Waals surface area contributed by atoms with Crippen molar-refractivity contribution in [2.45, 2.75) is 39.0 Å². The zero-order chi connectivity index (χ0) is 22.7. The molecule has 3 aromatic rings. The zero-order valence-corrected chi connectivity index (χ0v) is 22.7. The van der Waals surface area contributed by atoms with Crippen LogP contribution in [-0.2, 0) is 6.42 Å². The Hall–Kier alpha value is -1.22. The highest BCUT2D eigenvalue weighted by Crippen LogP contribution is 2.33. The van der Waals surface area contributed by atoms with Crippen LogP contribution < -0.4 is 4.90 Å². The number of fused-ring (bicyclic) bond motifs is 1. The molecule has 1 aliphatic rings. The summed E-state index contributed by atoms with van der Waals surface area (Å²) in [5.74, 6) is 0.555. The highest BCUT2D eigenvalue weighted by atomic mass is 79.9. The van der Waals surface area contributed by atoms with E-state index in [1.165, 1.54) is 10.9 Å². The summed E-state index contributed by atoms with van der Waals surface area (Å²) in [5, 5.41) is 2.20. The number of Topliss-reactive ketones (excluding diaryl/α,β-unsaturated/α-hetero) is 1. The third kappa shape index (κ3) is 5.64. The van der Waals surface area contributed by atoms with Gasteiger partial charge in [0.15, 0.2) is 10.9 Å². The molecule has 5 nitrogen and oxygen atoms in total. The number of aromatic amines is 1. The topological polar surface area (TPSA) is 52.2 Å². The third-order valence-electron chi connectivity index (χ3n) is 6.28. The van der Waals surface area contributed by atoms with E-state index in [0.29, 0.717) is 12.3 Å². The number of thiazole rings is 1. The molecule has 2 aromatic heterocycles. The lowest BCUT2D eigenvalue weighted by atomic mass is 9.89. The maximum Gasteiger partial charge on any atom is 0.186 e. The monoisotopic (exact) mass is 580 g/mol. The van der Waals surface area contributed by atoms with Crippen LogP contribution in [0.2, 0.25) is 0 Å². The predicted molar refractivity (Wildman–Crippen MR) is 141 cm³/mol. The van der Waals surface area contributed by atoms with Crippen molar-refractivity contribution < 1.29 is 4.79 Å². The number of nitrogens with zero attached hydrogens (tertiary/aromatic N) is 3. The van der Waals surface area contributed by atoms with Crippen LogP contribution in [0.5, 0.6) is 0 Å². The Balaban J connectivity index is 1.47. The largest absolute Gasteiger partial charge is 0.360 e. The van der Waals surface area contributed by atoms with Gasteiger partial charge in [0, 0.05) is 53.1 Å². The molecular formula is C24H30Br2N4OS. The number of anilines is 1. The molecule has 1 atom stereocenters. The molecular weight excluding hydrogens is 552 g/mol. The number of aromatic nitrogens is 2. The molecule has 1 saturated heterocycles. The van der Waals surface area contributed by atoms with Crippen LogP contribution in [0.25, 0.3) is 10.9 Å². The van der Waals surface area contributed by atoms with E-state index in [-0.39, 0.29) is 5.78 Å². The molecule has 1 aromatic carbocycles. The summed E-state index contributed by atoms with van der Waals surface area (Å²) in [5.41, 5.74) is 2.39. The summed E-state index contributed by atoms with van der Waals surface area (Å²) < 4.78 is 2.11. The van der Waals surface area contributed by atoms with E-state index < -0.39 is 0 Å². The molecule has 3 heterocycles. The molecule has 0 aliphatic carbocycles. The van der Waals surface area contributed by atoms with Gasteiger partial charge in [-0.3, -0.25) is 4.79 Å². The van der Waals surface area contributed by atoms with E-state index in [9.17, 15) is 4.79 Å². The van der Waals surface area contributed by atoms with Gasteiger partial charge in [-0.15, -0.1) is 0 Å². The number of carbonyl (C=O) groups excluding carboxylic acids is 1. The lowest BCUT2D eigenvalue weighted by Gasteiger charge is -2.32. The van der Waals surface area contributed by atoms with Gasteiger partial charge in [-0.05, 0) is 59.4 Å². The highest BCUT2D eigenvalue weighted by molar-refractivity contribution is 9.11. The minimum Gasteiger partial charge on any atom is -0.360 e. The number of hydrogen-bond acceptors (Lipinski definition) is 5. The normalized spacial score (nSPS) is 16.1. The molecule has 0 amide bonds. The van der Waals surface area contributed by atoms with E-state index in [2.05, 4.69) is 83.9 Å². The molecule has 0 bridgehead atoms. The molecule has 8 heteroatoms. The average Bonchev–Trinajstić information content (AvgIpc) is 3.41. The Morgan fingerprint density at radius 1 is 1.25 bits per heavy atom. The number of piperazine rings is 1. The number of hydrogen-bond donors (Lipinski definition) is 1. The van der Waals surface area contributed by atoms with Crippen molar-refractivity contribution in [1.29, 1.82) is 0 Å². The maximum absolute atomic E-state index is 13.2. The minimum absolute atomic E-state index is 0.228. The summed E-state index contributed by atoms with van der Waals surface area (Å²) in [6, 6.07) is 4.22. The van der Waals surface area contributed by atoms with Crippen molar-refractivity contribution in [3.63, 3.8) is 0 Å². The molecule has 1 unspecified atom stereocenters. The fourth-order valence-corrected chi connectivity index (χ4v) is 6.62. The van der Waals surface area contributed by atoms with Gasteiger partial charge in [0.1, 0.15) is 0 Å². The standard InChI is InChI=1S/C24H30Br2N4OS/c1-3-4-5-16(10-17-14-27-23-19(17)12-18(25)13-20(23)26)11-21(31)22-15-28-24(32-22)30-8-6-29(2)7-9-30/h12-16,27H,3-11H2,1-2H3. The van der Waals surface area contributed by atoms with Crippen LogP contribution in [0.15, 0.2) is 33.5 Å². The van der Waals surface area contributed by atoms with Crippen molar-refractivity contribution in [3.8, 4) is 0 Å². The maximum atomic E-state index is 13.2. The second kappa shape index (κ2) is 10.8. The van der Waals surface area contributed by atoms with Gasteiger partial charge in [-0.25, -0.2) is 4.98 Å².